The molecule has 0 unspecified atom stereocenters. The Bertz CT molecular complexity index is 225. The number of nitrogens with zero attached hydrogens (tertiary/aromatic N) is 2. The highest BCUT2D eigenvalue weighted by Gasteiger charge is 2.11. The number of amides is 1. The lowest BCUT2D eigenvalue weighted by Crippen LogP contribution is -2.39. The first-order valence-corrected chi connectivity index (χ1v) is 7.03. The first-order valence-electron chi connectivity index (χ1n) is 7.03. The van der Waals surface area contributed by atoms with Crippen molar-refractivity contribution in [1.29, 1.82) is 0 Å². The lowest BCUT2D eigenvalue weighted by molar-refractivity contribution is -0.122. The molecule has 1 aliphatic rings. The summed E-state index contributed by atoms with van der Waals surface area (Å²) in [4.78, 5) is 16.1. The molecule has 5 nitrogen and oxygen atoms in total. The normalized spacial score (nSPS) is 17.7. The first-order chi connectivity index (χ1) is 8.68. The third-order valence-corrected chi connectivity index (χ3v) is 3.15. The van der Waals surface area contributed by atoms with Gasteiger partial charge in [-0.05, 0) is 53.0 Å². The van der Waals surface area contributed by atoms with Crippen LogP contribution in [-0.2, 0) is 4.79 Å². The lowest BCUT2D eigenvalue weighted by Gasteiger charge is -2.18. The molecule has 0 spiro atoms. The highest BCUT2D eigenvalue weighted by molar-refractivity contribution is 5.77. The molecule has 0 aromatic carbocycles. The van der Waals surface area contributed by atoms with E-state index < -0.39 is 0 Å². The molecule has 1 heterocycles. The maximum Gasteiger partial charge on any atom is 0.234 e. The van der Waals surface area contributed by atoms with Gasteiger partial charge in [0.1, 0.15) is 0 Å². The summed E-state index contributed by atoms with van der Waals surface area (Å²) < 4.78 is 0. The second-order valence-electron chi connectivity index (χ2n) is 5.24. The topological polar surface area (TPSA) is 47.6 Å². The Morgan fingerprint density at radius 1 is 1.28 bits per heavy atom. The van der Waals surface area contributed by atoms with Crippen molar-refractivity contribution in [3.05, 3.63) is 0 Å². The minimum atomic E-state index is 0.168. The van der Waals surface area contributed by atoms with Gasteiger partial charge < -0.3 is 15.5 Å². The van der Waals surface area contributed by atoms with Crippen LogP contribution in [0.4, 0.5) is 0 Å². The maximum atomic E-state index is 11.7. The van der Waals surface area contributed by atoms with E-state index in [1.54, 1.807) is 0 Å². The second kappa shape index (κ2) is 9.30. The fourth-order valence-electron chi connectivity index (χ4n) is 2.10. The smallest absolute Gasteiger partial charge is 0.234 e. The van der Waals surface area contributed by atoms with E-state index in [2.05, 4.69) is 34.5 Å². The Balaban J connectivity index is 2.02. The summed E-state index contributed by atoms with van der Waals surface area (Å²) in [5.74, 6) is 0.168. The average Bonchev–Trinajstić information content (AvgIpc) is 2.56. The summed E-state index contributed by atoms with van der Waals surface area (Å²) in [5, 5.41) is 6.35. The van der Waals surface area contributed by atoms with Crippen molar-refractivity contribution in [2.24, 2.45) is 0 Å². The van der Waals surface area contributed by atoms with Crippen LogP contribution in [-0.4, -0.2) is 75.6 Å². The van der Waals surface area contributed by atoms with Gasteiger partial charge in [-0.15, -0.1) is 0 Å². The summed E-state index contributed by atoms with van der Waals surface area (Å²) in [7, 11) is 4.15. The number of carbonyl (C=O) groups is 1. The van der Waals surface area contributed by atoms with Crippen LogP contribution in [0.15, 0.2) is 0 Å². The molecule has 1 saturated heterocycles. The van der Waals surface area contributed by atoms with Gasteiger partial charge in [0.25, 0.3) is 0 Å². The average molecular weight is 256 g/mol. The van der Waals surface area contributed by atoms with E-state index in [9.17, 15) is 4.79 Å². The van der Waals surface area contributed by atoms with Crippen molar-refractivity contribution in [3.63, 3.8) is 0 Å². The molecule has 0 aromatic rings. The van der Waals surface area contributed by atoms with Crippen molar-refractivity contribution < 1.29 is 4.79 Å². The van der Waals surface area contributed by atoms with Gasteiger partial charge in [0.05, 0.1) is 6.54 Å². The Labute approximate surface area is 111 Å². The minimum Gasteiger partial charge on any atom is -0.355 e. The van der Waals surface area contributed by atoms with Gasteiger partial charge in [-0.25, -0.2) is 0 Å². The zero-order chi connectivity index (χ0) is 13.2. The molecule has 0 radical (unpaired) electrons. The first kappa shape index (κ1) is 15.4. The third-order valence-electron chi connectivity index (χ3n) is 3.15. The third kappa shape index (κ3) is 7.63. The number of nitrogens with one attached hydrogen (secondary N) is 2. The van der Waals surface area contributed by atoms with Crippen molar-refractivity contribution in [2.75, 3.05) is 59.9 Å². The lowest BCUT2D eigenvalue weighted by atomic mass is 10.3. The van der Waals surface area contributed by atoms with Crippen molar-refractivity contribution >= 4 is 5.91 Å². The molecule has 1 fully saturated rings. The van der Waals surface area contributed by atoms with E-state index in [0.29, 0.717) is 6.54 Å². The Morgan fingerprint density at radius 3 is 2.89 bits per heavy atom. The van der Waals surface area contributed by atoms with E-state index in [4.69, 9.17) is 0 Å². The largest absolute Gasteiger partial charge is 0.355 e. The molecule has 0 atom stereocenters. The summed E-state index contributed by atoms with van der Waals surface area (Å²) in [6, 6.07) is 0. The van der Waals surface area contributed by atoms with Crippen molar-refractivity contribution in [1.82, 2.24) is 20.4 Å². The van der Waals surface area contributed by atoms with Gasteiger partial charge in [-0.1, -0.05) is 0 Å². The summed E-state index contributed by atoms with van der Waals surface area (Å²) in [6.45, 7) is 6.52. The van der Waals surface area contributed by atoms with Gasteiger partial charge in [0.2, 0.25) is 5.91 Å². The second-order valence-corrected chi connectivity index (χ2v) is 5.24. The summed E-state index contributed by atoms with van der Waals surface area (Å²) in [5.41, 5.74) is 0. The zero-order valence-electron chi connectivity index (χ0n) is 11.9. The molecule has 1 rings (SSSR count). The number of carbonyl (C=O) groups excluding carboxylic acids is 1. The van der Waals surface area contributed by atoms with Crippen LogP contribution in [0, 0.1) is 0 Å². The number of hydrogen-bond acceptors (Lipinski definition) is 4. The standard InChI is InChI=1S/C13H28N4O/c1-16(2)9-4-3-7-15-13(18)12-17-10-5-6-14-8-11-17/h14H,3-12H2,1-2H3,(H,15,18). The van der Waals surface area contributed by atoms with Crippen LogP contribution in [0.25, 0.3) is 0 Å². The zero-order valence-corrected chi connectivity index (χ0v) is 11.9. The molecule has 1 amide bonds. The minimum absolute atomic E-state index is 0.168. The van der Waals surface area contributed by atoms with E-state index in [1.807, 2.05) is 0 Å². The molecule has 106 valence electrons. The van der Waals surface area contributed by atoms with Gasteiger partial charge in [-0.2, -0.15) is 0 Å². The molecule has 0 saturated carbocycles. The van der Waals surface area contributed by atoms with Crippen molar-refractivity contribution in [3.8, 4) is 0 Å². The van der Waals surface area contributed by atoms with Crippen molar-refractivity contribution in [2.45, 2.75) is 19.3 Å². The van der Waals surface area contributed by atoms with Crippen LogP contribution >= 0.6 is 0 Å². The predicted molar refractivity (Wildman–Crippen MR) is 74.7 cm³/mol. The molecular formula is C13H28N4O. The van der Waals surface area contributed by atoms with Crippen LogP contribution in [0.1, 0.15) is 19.3 Å². The molecular weight excluding hydrogens is 228 g/mol. The monoisotopic (exact) mass is 256 g/mol. The molecule has 5 heteroatoms. The quantitative estimate of drug-likeness (QED) is 0.616. The van der Waals surface area contributed by atoms with Gasteiger partial charge in [-0.3, -0.25) is 9.69 Å². The van der Waals surface area contributed by atoms with E-state index >= 15 is 0 Å². The van der Waals surface area contributed by atoms with E-state index in [-0.39, 0.29) is 5.91 Å². The van der Waals surface area contributed by atoms with Gasteiger partial charge in [0.15, 0.2) is 0 Å². The molecule has 2 N–H and O–H groups in total. The summed E-state index contributed by atoms with van der Waals surface area (Å²) >= 11 is 0. The Kier molecular flexibility index (Phi) is 7.96. The Morgan fingerprint density at radius 2 is 2.11 bits per heavy atom. The fraction of sp³-hybridized carbons (Fsp3) is 0.923. The molecule has 1 aliphatic heterocycles. The molecule has 18 heavy (non-hydrogen) atoms. The van der Waals surface area contributed by atoms with E-state index in [1.165, 1.54) is 0 Å². The highest BCUT2D eigenvalue weighted by Crippen LogP contribution is 1.95. The highest BCUT2D eigenvalue weighted by atomic mass is 16.2. The number of unbranched alkanes of at least 4 members (excludes halogenated alkanes) is 1. The van der Waals surface area contributed by atoms with Crippen LogP contribution in [0.2, 0.25) is 0 Å². The molecule has 0 bridgehead atoms. The molecule has 0 aliphatic carbocycles. The number of rotatable bonds is 7. The number of hydrogen-bond donors (Lipinski definition) is 2. The molecule has 0 aromatic heterocycles. The van der Waals surface area contributed by atoms with Gasteiger partial charge >= 0.3 is 0 Å². The summed E-state index contributed by atoms with van der Waals surface area (Å²) in [6.07, 6.45) is 3.34. The van der Waals surface area contributed by atoms with E-state index in [0.717, 1.165) is 58.5 Å². The van der Waals surface area contributed by atoms with Gasteiger partial charge in [0, 0.05) is 19.6 Å². The SMILES string of the molecule is CN(C)CCCCNC(=O)CN1CCCNCC1. The predicted octanol–water partition coefficient (Wildman–Crippen LogP) is -0.260. The van der Waals surface area contributed by atoms with Crippen LogP contribution in [0.5, 0.6) is 0 Å². The van der Waals surface area contributed by atoms with Crippen LogP contribution in [0.3, 0.4) is 0 Å². The van der Waals surface area contributed by atoms with Crippen LogP contribution < -0.4 is 10.6 Å². The Hall–Kier alpha value is -0.650. The fourth-order valence-corrected chi connectivity index (χ4v) is 2.10. The maximum absolute atomic E-state index is 11.7.